The van der Waals surface area contributed by atoms with E-state index in [0.29, 0.717) is 11.5 Å². The molecule has 7 nitrogen and oxygen atoms in total. The Labute approximate surface area is 154 Å². The van der Waals surface area contributed by atoms with Crippen LogP contribution in [0.1, 0.15) is 12.8 Å². The summed E-state index contributed by atoms with van der Waals surface area (Å²) in [5, 5.41) is 9.85. The van der Waals surface area contributed by atoms with Gasteiger partial charge < -0.3 is 25.4 Å². The summed E-state index contributed by atoms with van der Waals surface area (Å²) in [5.74, 6) is 3.00. The number of unbranched alkanes of at least 4 members (excludes halogenated alkanes) is 1. The van der Waals surface area contributed by atoms with Gasteiger partial charge in [-0.05, 0) is 37.1 Å². The van der Waals surface area contributed by atoms with Crippen LogP contribution in [0.5, 0.6) is 11.5 Å². The fourth-order valence-electron chi connectivity index (χ4n) is 2.37. The second-order valence-electron chi connectivity index (χ2n) is 5.54. The molecule has 140 valence electrons. The molecule has 3 N–H and O–H groups in total. The molecule has 1 aromatic heterocycles. The van der Waals surface area contributed by atoms with Gasteiger partial charge in [-0.25, -0.2) is 4.98 Å². The van der Waals surface area contributed by atoms with Gasteiger partial charge in [-0.2, -0.15) is 0 Å². The van der Waals surface area contributed by atoms with Gasteiger partial charge in [0, 0.05) is 38.1 Å². The van der Waals surface area contributed by atoms with Gasteiger partial charge in [0.05, 0.1) is 14.2 Å². The molecular weight excluding hydrogens is 330 g/mol. The first-order chi connectivity index (χ1) is 12.8. The van der Waals surface area contributed by atoms with Gasteiger partial charge in [0.25, 0.3) is 0 Å². The Morgan fingerprint density at radius 1 is 1.04 bits per heavy atom. The maximum Gasteiger partial charge on any atom is 0.195 e. The quantitative estimate of drug-likeness (QED) is 0.364. The molecule has 26 heavy (non-hydrogen) atoms. The highest BCUT2D eigenvalue weighted by Gasteiger charge is 2.06. The summed E-state index contributed by atoms with van der Waals surface area (Å²) in [6.45, 7) is 1.72. The van der Waals surface area contributed by atoms with Crippen LogP contribution in [-0.4, -0.2) is 45.3 Å². The van der Waals surface area contributed by atoms with Crippen molar-refractivity contribution in [2.24, 2.45) is 4.99 Å². The van der Waals surface area contributed by atoms with Crippen molar-refractivity contribution in [2.45, 2.75) is 12.8 Å². The zero-order chi connectivity index (χ0) is 18.6. The molecule has 0 atom stereocenters. The number of methoxy groups -OCH3 is 2. The van der Waals surface area contributed by atoms with Gasteiger partial charge in [-0.1, -0.05) is 6.07 Å². The van der Waals surface area contributed by atoms with Crippen molar-refractivity contribution in [1.29, 1.82) is 0 Å². The van der Waals surface area contributed by atoms with Crippen LogP contribution in [0.4, 0.5) is 11.5 Å². The Kier molecular flexibility index (Phi) is 8.05. The number of anilines is 2. The van der Waals surface area contributed by atoms with E-state index < -0.39 is 0 Å². The summed E-state index contributed by atoms with van der Waals surface area (Å²) in [6, 6.07) is 11.5. The Bertz CT molecular complexity index is 692. The van der Waals surface area contributed by atoms with Gasteiger partial charge in [-0.15, -0.1) is 0 Å². The summed E-state index contributed by atoms with van der Waals surface area (Å²) >= 11 is 0. The number of aromatic nitrogens is 1. The first-order valence-electron chi connectivity index (χ1n) is 8.61. The monoisotopic (exact) mass is 357 g/mol. The Hall–Kier alpha value is -2.96. The van der Waals surface area contributed by atoms with Crippen LogP contribution in [0, 0.1) is 0 Å². The lowest BCUT2D eigenvalue weighted by molar-refractivity contribution is 0.355. The highest BCUT2D eigenvalue weighted by atomic mass is 16.5. The van der Waals surface area contributed by atoms with E-state index in [0.717, 1.165) is 43.4 Å². The van der Waals surface area contributed by atoms with E-state index in [9.17, 15) is 0 Å². The van der Waals surface area contributed by atoms with Crippen molar-refractivity contribution in [3.05, 3.63) is 42.6 Å². The van der Waals surface area contributed by atoms with Crippen LogP contribution in [0.15, 0.2) is 47.6 Å². The maximum absolute atomic E-state index is 5.32. The molecule has 0 saturated carbocycles. The lowest BCUT2D eigenvalue weighted by Crippen LogP contribution is -2.31. The molecule has 7 heteroatoms. The molecule has 0 aliphatic carbocycles. The molecule has 1 aromatic carbocycles. The van der Waals surface area contributed by atoms with Gasteiger partial charge in [0.2, 0.25) is 0 Å². The van der Waals surface area contributed by atoms with Crippen LogP contribution >= 0.6 is 0 Å². The number of pyridine rings is 1. The lowest BCUT2D eigenvalue weighted by Gasteiger charge is -2.14. The molecule has 0 unspecified atom stereocenters. The predicted octanol–water partition coefficient (Wildman–Crippen LogP) is 2.98. The van der Waals surface area contributed by atoms with E-state index in [-0.39, 0.29) is 0 Å². The van der Waals surface area contributed by atoms with Crippen molar-refractivity contribution >= 4 is 17.5 Å². The fraction of sp³-hybridized carbons (Fsp3) is 0.368. The zero-order valence-electron chi connectivity index (χ0n) is 15.6. The molecule has 0 radical (unpaired) electrons. The minimum Gasteiger partial charge on any atom is -0.493 e. The Balaban J connectivity index is 1.71. The smallest absolute Gasteiger partial charge is 0.195 e. The Morgan fingerprint density at radius 2 is 1.85 bits per heavy atom. The van der Waals surface area contributed by atoms with Crippen molar-refractivity contribution in [3.63, 3.8) is 0 Å². The Morgan fingerprint density at radius 3 is 2.54 bits per heavy atom. The minimum absolute atomic E-state index is 0.675. The number of guanidine groups is 1. The molecular formula is C19H27N5O2. The maximum atomic E-state index is 5.32. The number of aliphatic imine (C=N–C) groups is 1. The van der Waals surface area contributed by atoms with Gasteiger partial charge in [0.15, 0.2) is 17.5 Å². The number of hydrogen-bond acceptors (Lipinski definition) is 5. The van der Waals surface area contributed by atoms with E-state index in [1.165, 1.54) is 0 Å². The van der Waals surface area contributed by atoms with Crippen LogP contribution in [0.25, 0.3) is 0 Å². The molecule has 0 aliphatic rings. The highest BCUT2D eigenvalue weighted by molar-refractivity contribution is 5.93. The van der Waals surface area contributed by atoms with E-state index >= 15 is 0 Å². The van der Waals surface area contributed by atoms with Gasteiger partial charge in [-0.3, -0.25) is 4.99 Å². The van der Waals surface area contributed by atoms with Crippen LogP contribution in [0.2, 0.25) is 0 Å². The molecule has 0 saturated heterocycles. The standard InChI is InChI=1S/C19H27N5O2/c1-20-19(24-15-9-10-16(25-2)17(14-15)26-3)23-13-7-6-12-22-18-8-4-5-11-21-18/h4-5,8-11,14H,6-7,12-13H2,1-3H3,(H,21,22)(H2,20,23,24). The number of hydrogen-bond donors (Lipinski definition) is 3. The second kappa shape index (κ2) is 10.8. The largest absolute Gasteiger partial charge is 0.493 e. The third-order valence-electron chi connectivity index (χ3n) is 3.74. The van der Waals surface area contributed by atoms with Gasteiger partial charge in [0.1, 0.15) is 5.82 Å². The van der Waals surface area contributed by atoms with E-state index in [2.05, 4.69) is 25.9 Å². The average molecular weight is 357 g/mol. The topological polar surface area (TPSA) is 79.8 Å². The summed E-state index contributed by atoms with van der Waals surface area (Å²) in [4.78, 5) is 8.48. The average Bonchev–Trinajstić information content (AvgIpc) is 2.70. The van der Waals surface area contributed by atoms with Crippen LogP contribution < -0.4 is 25.4 Å². The molecule has 0 bridgehead atoms. The van der Waals surface area contributed by atoms with E-state index in [4.69, 9.17) is 9.47 Å². The summed E-state index contributed by atoms with van der Waals surface area (Å²) < 4.78 is 10.6. The summed E-state index contributed by atoms with van der Waals surface area (Å²) in [5.41, 5.74) is 0.882. The molecule has 0 aliphatic heterocycles. The molecule has 0 spiro atoms. The van der Waals surface area contributed by atoms with Crippen molar-refractivity contribution in [2.75, 3.05) is 45.0 Å². The van der Waals surface area contributed by atoms with Crippen LogP contribution in [0.3, 0.4) is 0 Å². The minimum atomic E-state index is 0.675. The number of ether oxygens (including phenoxy) is 2. The predicted molar refractivity (Wildman–Crippen MR) is 106 cm³/mol. The van der Waals surface area contributed by atoms with Crippen molar-refractivity contribution in [1.82, 2.24) is 10.3 Å². The first-order valence-corrected chi connectivity index (χ1v) is 8.61. The molecule has 0 fully saturated rings. The van der Waals surface area contributed by atoms with E-state index in [1.807, 2.05) is 36.4 Å². The normalized spacial score (nSPS) is 11.0. The molecule has 0 amide bonds. The third kappa shape index (κ3) is 6.16. The summed E-state index contributed by atoms with van der Waals surface area (Å²) in [7, 11) is 4.99. The number of rotatable bonds is 9. The first kappa shape index (κ1) is 19.4. The lowest BCUT2D eigenvalue weighted by atomic mass is 10.2. The van der Waals surface area contributed by atoms with Crippen molar-refractivity contribution in [3.8, 4) is 11.5 Å². The molecule has 2 aromatic rings. The number of nitrogens with zero attached hydrogens (tertiary/aromatic N) is 2. The second-order valence-corrected chi connectivity index (χ2v) is 5.54. The van der Waals surface area contributed by atoms with Gasteiger partial charge >= 0.3 is 0 Å². The highest BCUT2D eigenvalue weighted by Crippen LogP contribution is 2.29. The number of benzene rings is 1. The van der Waals surface area contributed by atoms with Crippen LogP contribution in [-0.2, 0) is 0 Å². The third-order valence-corrected chi connectivity index (χ3v) is 3.74. The SMILES string of the molecule is CN=C(NCCCCNc1ccccn1)Nc1ccc(OC)c(OC)c1. The van der Waals surface area contributed by atoms with E-state index in [1.54, 1.807) is 27.5 Å². The number of nitrogens with one attached hydrogen (secondary N) is 3. The zero-order valence-corrected chi connectivity index (χ0v) is 15.6. The fourth-order valence-corrected chi connectivity index (χ4v) is 2.37. The molecule has 2 rings (SSSR count). The summed E-state index contributed by atoms with van der Waals surface area (Å²) in [6.07, 6.45) is 3.84. The van der Waals surface area contributed by atoms with Crippen molar-refractivity contribution < 1.29 is 9.47 Å². The molecule has 1 heterocycles.